The summed E-state index contributed by atoms with van der Waals surface area (Å²) in [6, 6.07) is 11.9. The van der Waals surface area contributed by atoms with Gasteiger partial charge in [-0.15, -0.1) is 11.6 Å². The molecular formula is C23H26ClN3O3. The molecule has 1 aliphatic rings. The van der Waals surface area contributed by atoms with Crippen LogP contribution in [0.1, 0.15) is 35.5 Å². The van der Waals surface area contributed by atoms with E-state index in [9.17, 15) is 9.59 Å². The zero-order valence-corrected chi connectivity index (χ0v) is 18.2. The van der Waals surface area contributed by atoms with Crippen LogP contribution in [0.5, 0.6) is 0 Å². The molecule has 6 nitrogen and oxygen atoms in total. The summed E-state index contributed by atoms with van der Waals surface area (Å²) in [4.78, 5) is 29.3. The fourth-order valence-electron chi connectivity index (χ4n) is 4.05. The van der Waals surface area contributed by atoms with E-state index in [1.807, 2.05) is 28.5 Å². The number of rotatable bonds is 4. The molecule has 30 heavy (non-hydrogen) atoms. The van der Waals surface area contributed by atoms with Crippen molar-refractivity contribution in [2.75, 3.05) is 19.6 Å². The van der Waals surface area contributed by atoms with Gasteiger partial charge in [0.25, 0.3) is 5.91 Å². The Morgan fingerprint density at radius 3 is 2.60 bits per heavy atom. The first kappa shape index (κ1) is 20.5. The molecule has 3 aromatic rings. The van der Waals surface area contributed by atoms with Crippen molar-refractivity contribution < 1.29 is 14.0 Å². The van der Waals surface area contributed by atoms with E-state index < -0.39 is 5.38 Å². The molecule has 0 bridgehead atoms. The molecule has 4 rings (SSSR count). The van der Waals surface area contributed by atoms with Crippen LogP contribution in [0.25, 0.3) is 11.1 Å². The van der Waals surface area contributed by atoms with Crippen molar-refractivity contribution in [1.82, 2.24) is 14.4 Å². The Morgan fingerprint density at radius 2 is 1.93 bits per heavy atom. The molecule has 158 valence electrons. The minimum Gasteiger partial charge on any atom is -0.448 e. The van der Waals surface area contributed by atoms with Gasteiger partial charge in [-0.1, -0.05) is 29.8 Å². The maximum Gasteiger partial charge on any atom is 0.270 e. The summed E-state index contributed by atoms with van der Waals surface area (Å²) >= 11 is 5.98. The second kappa shape index (κ2) is 8.19. The van der Waals surface area contributed by atoms with E-state index in [4.69, 9.17) is 16.0 Å². The average Bonchev–Trinajstić information content (AvgIpc) is 3.31. The van der Waals surface area contributed by atoms with Gasteiger partial charge in [0.2, 0.25) is 11.6 Å². The van der Waals surface area contributed by atoms with Gasteiger partial charge in [-0.05, 0) is 38.5 Å². The van der Waals surface area contributed by atoms with Crippen molar-refractivity contribution in [3.05, 3.63) is 59.5 Å². The van der Waals surface area contributed by atoms with Crippen LogP contribution >= 0.6 is 11.6 Å². The lowest BCUT2D eigenvalue weighted by Crippen LogP contribution is -2.56. The fourth-order valence-corrected chi connectivity index (χ4v) is 4.17. The minimum atomic E-state index is -0.562. The Kier molecular flexibility index (Phi) is 5.60. The number of aromatic nitrogens is 1. The molecule has 3 heterocycles. The number of fused-ring (bicyclic) bond motifs is 1. The van der Waals surface area contributed by atoms with E-state index in [0.29, 0.717) is 37.6 Å². The second-order valence-corrected chi connectivity index (χ2v) is 8.68. The largest absolute Gasteiger partial charge is 0.448 e. The number of halogens is 1. The summed E-state index contributed by atoms with van der Waals surface area (Å²) in [7, 11) is 0. The number of carbonyl (C=O) groups excluding carboxylic acids is 2. The Morgan fingerprint density at radius 1 is 1.20 bits per heavy atom. The SMILES string of the molecule is Cc1ccc(Cn2c(C(=O)N3CCN(C(=O)C(C)Cl)C(C)C3)cc3ccoc32)cc1. The lowest BCUT2D eigenvalue weighted by Gasteiger charge is -2.40. The van der Waals surface area contributed by atoms with Crippen molar-refractivity contribution in [3.8, 4) is 0 Å². The molecule has 0 radical (unpaired) electrons. The number of piperazine rings is 1. The molecule has 2 atom stereocenters. The van der Waals surface area contributed by atoms with Gasteiger partial charge in [-0.3, -0.25) is 9.59 Å². The Balaban J connectivity index is 1.59. The quantitative estimate of drug-likeness (QED) is 0.593. The minimum absolute atomic E-state index is 0.0496. The normalized spacial score (nSPS) is 18.1. The van der Waals surface area contributed by atoms with Crippen LogP contribution in [-0.2, 0) is 11.3 Å². The number of amides is 2. The molecule has 2 aromatic heterocycles. The summed E-state index contributed by atoms with van der Waals surface area (Å²) in [5, 5.41) is 0.344. The van der Waals surface area contributed by atoms with E-state index >= 15 is 0 Å². The van der Waals surface area contributed by atoms with E-state index in [-0.39, 0.29) is 17.9 Å². The van der Waals surface area contributed by atoms with Crippen LogP contribution in [0, 0.1) is 6.92 Å². The average molecular weight is 428 g/mol. The van der Waals surface area contributed by atoms with Crippen LogP contribution in [0.4, 0.5) is 0 Å². The van der Waals surface area contributed by atoms with E-state index in [0.717, 1.165) is 10.9 Å². The van der Waals surface area contributed by atoms with Crippen LogP contribution in [-0.4, -0.2) is 57.2 Å². The third-order valence-electron chi connectivity index (χ3n) is 5.72. The van der Waals surface area contributed by atoms with Crippen molar-refractivity contribution in [2.24, 2.45) is 0 Å². The molecule has 0 spiro atoms. The molecule has 1 fully saturated rings. The molecular weight excluding hydrogens is 402 g/mol. The summed E-state index contributed by atoms with van der Waals surface area (Å²) < 4.78 is 7.62. The third-order valence-corrected chi connectivity index (χ3v) is 5.91. The van der Waals surface area contributed by atoms with Gasteiger partial charge >= 0.3 is 0 Å². The van der Waals surface area contributed by atoms with Gasteiger partial charge in [-0.25, -0.2) is 0 Å². The summed E-state index contributed by atoms with van der Waals surface area (Å²) in [6.07, 6.45) is 1.64. The first-order valence-electron chi connectivity index (χ1n) is 10.2. The standard InChI is InChI=1S/C23H26ClN3O3/c1-15-4-6-18(7-5-15)14-27-20(12-19-8-11-30-23(19)27)22(29)25-9-10-26(16(2)13-25)21(28)17(3)24/h4-8,11-12,16-17H,9-10,13-14H2,1-3H3. The third kappa shape index (κ3) is 3.84. The molecule has 0 saturated carbocycles. The van der Waals surface area contributed by atoms with Crippen LogP contribution < -0.4 is 0 Å². The highest BCUT2D eigenvalue weighted by Gasteiger charge is 2.33. The highest BCUT2D eigenvalue weighted by atomic mass is 35.5. The van der Waals surface area contributed by atoms with Gasteiger partial charge in [0.05, 0.1) is 12.8 Å². The van der Waals surface area contributed by atoms with Crippen molar-refractivity contribution in [1.29, 1.82) is 0 Å². The zero-order chi connectivity index (χ0) is 21.4. The van der Waals surface area contributed by atoms with E-state index in [1.54, 1.807) is 18.1 Å². The lowest BCUT2D eigenvalue weighted by atomic mass is 10.1. The topological polar surface area (TPSA) is 58.7 Å². The van der Waals surface area contributed by atoms with Gasteiger partial charge in [-0.2, -0.15) is 0 Å². The van der Waals surface area contributed by atoms with E-state index in [2.05, 4.69) is 31.2 Å². The second-order valence-electron chi connectivity index (χ2n) is 8.03. The number of nitrogens with zero attached hydrogens (tertiary/aromatic N) is 3. The maximum absolute atomic E-state index is 13.4. The molecule has 2 amide bonds. The summed E-state index contributed by atoms with van der Waals surface area (Å²) in [6.45, 7) is 7.68. The van der Waals surface area contributed by atoms with Crippen molar-refractivity contribution in [2.45, 2.75) is 38.7 Å². The number of hydrogen-bond acceptors (Lipinski definition) is 3. The fraction of sp³-hybridized carbons (Fsp3) is 0.391. The number of carbonyl (C=O) groups is 2. The first-order chi connectivity index (χ1) is 14.3. The van der Waals surface area contributed by atoms with Gasteiger partial charge in [0, 0.05) is 31.1 Å². The molecule has 1 saturated heterocycles. The molecule has 0 N–H and O–H groups in total. The predicted octanol–water partition coefficient (Wildman–Crippen LogP) is 3.89. The predicted molar refractivity (Wildman–Crippen MR) is 117 cm³/mol. The summed E-state index contributed by atoms with van der Waals surface area (Å²) in [5.41, 5.74) is 3.58. The molecule has 1 aromatic carbocycles. The lowest BCUT2D eigenvalue weighted by molar-refractivity contribution is -0.134. The number of furan rings is 1. The van der Waals surface area contributed by atoms with Gasteiger partial charge in [0.1, 0.15) is 11.1 Å². The number of benzene rings is 1. The monoisotopic (exact) mass is 427 g/mol. The Labute approximate surface area is 181 Å². The number of hydrogen-bond donors (Lipinski definition) is 0. The molecule has 0 aliphatic carbocycles. The van der Waals surface area contributed by atoms with E-state index in [1.165, 1.54) is 5.56 Å². The molecule has 1 aliphatic heterocycles. The summed E-state index contributed by atoms with van der Waals surface area (Å²) in [5.74, 6) is -0.136. The maximum atomic E-state index is 13.4. The van der Waals surface area contributed by atoms with Gasteiger partial charge < -0.3 is 18.8 Å². The van der Waals surface area contributed by atoms with Gasteiger partial charge in [0.15, 0.2) is 0 Å². The van der Waals surface area contributed by atoms with Crippen LogP contribution in [0.2, 0.25) is 0 Å². The van der Waals surface area contributed by atoms with Crippen LogP contribution in [0.3, 0.4) is 0 Å². The number of aryl methyl sites for hydroxylation is 1. The Hall–Kier alpha value is -2.73. The highest BCUT2D eigenvalue weighted by molar-refractivity contribution is 6.30. The molecule has 2 unspecified atom stereocenters. The zero-order valence-electron chi connectivity index (χ0n) is 17.5. The first-order valence-corrected chi connectivity index (χ1v) is 10.6. The van der Waals surface area contributed by atoms with Crippen molar-refractivity contribution >= 4 is 34.5 Å². The molecule has 7 heteroatoms. The Bertz CT molecular complexity index is 1070. The smallest absolute Gasteiger partial charge is 0.270 e. The highest BCUT2D eigenvalue weighted by Crippen LogP contribution is 2.25. The van der Waals surface area contributed by atoms with Crippen LogP contribution in [0.15, 0.2) is 47.1 Å². The number of alkyl halides is 1. The van der Waals surface area contributed by atoms with Crippen molar-refractivity contribution in [3.63, 3.8) is 0 Å².